The van der Waals surface area contributed by atoms with Gasteiger partial charge < -0.3 is 0 Å². The SMILES string of the molecule is O=C(CC1=CCc2ccc(F)cc21)C[C@@H](Cc1cc(F)cc(F)c1)c1ncccc1-c1ccnc(C2=NCN=N2)c1. The second kappa shape index (κ2) is 11.4. The maximum absolute atomic E-state index is 14.1. The third-order valence-corrected chi connectivity index (χ3v) is 7.23. The molecule has 0 spiro atoms. The summed E-state index contributed by atoms with van der Waals surface area (Å²) < 4.78 is 42.2. The monoisotopic (exact) mass is 551 g/mol. The molecule has 0 N–H and O–H groups in total. The van der Waals surface area contributed by atoms with Gasteiger partial charge in [0, 0.05) is 42.8 Å². The number of ketones is 1. The topological polar surface area (TPSA) is 79.9 Å². The summed E-state index contributed by atoms with van der Waals surface area (Å²) in [6.45, 7) is 0.251. The summed E-state index contributed by atoms with van der Waals surface area (Å²) in [7, 11) is 0. The molecule has 9 heteroatoms. The quantitative estimate of drug-likeness (QED) is 0.224. The zero-order chi connectivity index (χ0) is 28.3. The standard InChI is InChI=1S/C32H24F3N5O/c33-24-6-5-20-3-4-21(29(20)17-24)13-27(41)14-23(10-19-11-25(34)16-26(35)12-19)31-28(2-1-8-37-31)22-7-9-36-30(15-22)32-38-18-39-40-32/h1-2,4-9,11-12,15-17,23H,3,10,13-14,18H2/t23-/m1/s1. The van der Waals surface area contributed by atoms with Crippen LogP contribution in [0.25, 0.3) is 16.7 Å². The molecule has 0 bridgehead atoms. The van der Waals surface area contributed by atoms with Crippen LogP contribution in [-0.2, 0) is 17.6 Å². The minimum absolute atomic E-state index is 0.0724. The van der Waals surface area contributed by atoms with Gasteiger partial charge in [0.05, 0.1) is 5.69 Å². The van der Waals surface area contributed by atoms with Crippen molar-refractivity contribution in [1.82, 2.24) is 9.97 Å². The Morgan fingerprint density at radius 3 is 2.54 bits per heavy atom. The molecule has 204 valence electrons. The number of rotatable bonds is 9. The van der Waals surface area contributed by atoms with Gasteiger partial charge in [0.15, 0.2) is 12.5 Å². The van der Waals surface area contributed by atoms with Crippen molar-refractivity contribution < 1.29 is 18.0 Å². The van der Waals surface area contributed by atoms with E-state index in [0.717, 1.165) is 33.9 Å². The summed E-state index contributed by atoms with van der Waals surface area (Å²) in [6.07, 6.45) is 6.26. The smallest absolute Gasteiger partial charge is 0.197 e. The molecule has 2 aromatic carbocycles. The van der Waals surface area contributed by atoms with Crippen LogP contribution in [0.15, 0.2) is 94.4 Å². The average Bonchev–Trinajstić information content (AvgIpc) is 3.63. The highest BCUT2D eigenvalue weighted by molar-refractivity contribution is 5.99. The lowest BCUT2D eigenvalue weighted by atomic mass is 9.85. The number of allylic oxidation sites excluding steroid dienone is 2. The minimum atomic E-state index is -0.689. The van der Waals surface area contributed by atoms with Gasteiger partial charge in [0.2, 0.25) is 0 Å². The van der Waals surface area contributed by atoms with E-state index < -0.39 is 17.6 Å². The summed E-state index contributed by atoms with van der Waals surface area (Å²) in [5, 5.41) is 7.92. The van der Waals surface area contributed by atoms with Gasteiger partial charge in [-0.1, -0.05) is 18.2 Å². The number of amidine groups is 1. The molecule has 0 saturated heterocycles. The van der Waals surface area contributed by atoms with Crippen LogP contribution in [0, 0.1) is 17.5 Å². The summed E-state index contributed by atoms with van der Waals surface area (Å²) in [4.78, 5) is 26.8. The Morgan fingerprint density at radius 1 is 0.878 bits per heavy atom. The van der Waals surface area contributed by atoms with Crippen LogP contribution in [0.1, 0.15) is 46.8 Å². The van der Waals surface area contributed by atoms with Gasteiger partial charge in [0.25, 0.3) is 0 Å². The second-order valence-corrected chi connectivity index (χ2v) is 10.1. The van der Waals surface area contributed by atoms with E-state index in [1.54, 1.807) is 24.5 Å². The average molecular weight is 552 g/mol. The largest absolute Gasteiger partial charge is 0.299 e. The molecule has 1 aliphatic heterocycles. The van der Waals surface area contributed by atoms with E-state index >= 15 is 0 Å². The molecule has 3 heterocycles. The Kier molecular flexibility index (Phi) is 7.33. The molecule has 6 rings (SSSR count). The van der Waals surface area contributed by atoms with Gasteiger partial charge in [-0.25, -0.2) is 18.2 Å². The maximum atomic E-state index is 14.1. The number of Topliss-reactive ketones (excluding diaryl/α,β-unsaturated/α-hetero) is 1. The number of carbonyl (C=O) groups is 1. The number of halogens is 3. The molecule has 1 atom stereocenters. The van der Waals surface area contributed by atoms with Crippen LogP contribution in [-0.4, -0.2) is 28.3 Å². The van der Waals surface area contributed by atoms with Crippen molar-refractivity contribution in [3.8, 4) is 11.1 Å². The molecule has 0 fully saturated rings. The van der Waals surface area contributed by atoms with Crippen molar-refractivity contribution in [3.05, 3.63) is 125 Å². The molecule has 1 aliphatic carbocycles. The van der Waals surface area contributed by atoms with E-state index in [1.165, 1.54) is 24.3 Å². The zero-order valence-electron chi connectivity index (χ0n) is 21.9. The molecular weight excluding hydrogens is 527 g/mol. The molecule has 4 aromatic rings. The molecule has 41 heavy (non-hydrogen) atoms. The Morgan fingerprint density at radius 2 is 1.73 bits per heavy atom. The highest BCUT2D eigenvalue weighted by Crippen LogP contribution is 2.35. The first kappa shape index (κ1) is 26.4. The van der Waals surface area contributed by atoms with E-state index in [-0.39, 0.29) is 37.5 Å². The summed E-state index contributed by atoms with van der Waals surface area (Å²) in [5.74, 6) is -1.87. The molecule has 0 radical (unpaired) electrons. The van der Waals surface area contributed by atoms with Gasteiger partial charge in [-0.15, -0.1) is 5.11 Å². The third-order valence-electron chi connectivity index (χ3n) is 7.23. The molecule has 0 saturated carbocycles. The number of carbonyl (C=O) groups excluding carboxylic acids is 1. The number of hydrogen-bond donors (Lipinski definition) is 0. The van der Waals surface area contributed by atoms with Crippen molar-refractivity contribution in [1.29, 1.82) is 0 Å². The first-order valence-electron chi connectivity index (χ1n) is 13.2. The van der Waals surface area contributed by atoms with Gasteiger partial charge in [-0.3, -0.25) is 14.8 Å². The van der Waals surface area contributed by atoms with Gasteiger partial charge in [-0.2, -0.15) is 5.11 Å². The highest BCUT2D eigenvalue weighted by atomic mass is 19.1. The van der Waals surface area contributed by atoms with Gasteiger partial charge in [0.1, 0.15) is 28.9 Å². The van der Waals surface area contributed by atoms with E-state index in [0.29, 0.717) is 29.2 Å². The second-order valence-electron chi connectivity index (χ2n) is 10.1. The lowest BCUT2D eigenvalue weighted by Crippen LogP contribution is -2.13. The predicted octanol–water partition coefficient (Wildman–Crippen LogP) is 7.05. The predicted molar refractivity (Wildman–Crippen MR) is 149 cm³/mol. The number of aromatic nitrogens is 2. The molecule has 2 aliphatic rings. The number of fused-ring (bicyclic) bond motifs is 1. The molecule has 2 aromatic heterocycles. The van der Waals surface area contributed by atoms with Crippen molar-refractivity contribution in [2.75, 3.05) is 6.67 Å². The Hall–Kier alpha value is -4.79. The van der Waals surface area contributed by atoms with Crippen LogP contribution >= 0.6 is 0 Å². The van der Waals surface area contributed by atoms with Crippen molar-refractivity contribution >= 4 is 17.2 Å². The Labute approximate surface area is 234 Å². The fourth-order valence-electron chi connectivity index (χ4n) is 5.44. The van der Waals surface area contributed by atoms with Crippen LogP contribution in [0.2, 0.25) is 0 Å². The first-order chi connectivity index (χ1) is 19.9. The molecule has 0 unspecified atom stereocenters. The minimum Gasteiger partial charge on any atom is -0.299 e. The Balaban J connectivity index is 1.34. The summed E-state index contributed by atoms with van der Waals surface area (Å²) in [6, 6.07) is 15.3. The van der Waals surface area contributed by atoms with Crippen LogP contribution in [0.3, 0.4) is 0 Å². The number of azo groups is 1. The number of aliphatic imine (C=N–C) groups is 1. The first-order valence-corrected chi connectivity index (χ1v) is 13.2. The van der Waals surface area contributed by atoms with E-state index in [9.17, 15) is 18.0 Å². The van der Waals surface area contributed by atoms with Crippen LogP contribution in [0.4, 0.5) is 13.2 Å². The third kappa shape index (κ3) is 5.89. The number of benzene rings is 2. The van der Waals surface area contributed by atoms with E-state index in [2.05, 4.69) is 25.2 Å². The van der Waals surface area contributed by atoms with Crippen molar-refractivity contribution in [2.45, 2.75) is 31.6 Å². The van der Waals surface area contributed by atoms with Crippen LogP contribution in [0.5, 0.6) is 0 Å². The maximum Gasteiger partial charge on any atom is 0.197 e. The molecule has 0 amide bonds. The lowest BCUT2D eigenvalue weighted by Gasteiger charge is -2.20. The molecule has 6 nitrogen and oxygen atoms in total. The number of nitrogens with zero attached hydrogens (tertiary/aromatic N) is 5. The van der Waals surface area contributed by atoms with Crippen molar-refractivity contribution in [2.24, 2.45) is 15.2 Å². The normalized spacial score (nSPS) is 14.5. The highest BCUT2D eigenvalue weighted by Gasteiger charge is 2.25. The number of pyridine rings is 2. The van der Waals surface area contributed by atoms with Gasteiger partial charge in [-0.05, 0) is 83.1 Å². The fraction of sp³-hybridized carbons (Fsp3) is 0.188. The zero-order valence-corrected chi connectivity index (χ0v) is 21.9. The van der Waals surface area contributed by atoms with Crippen LogP contribution < -0.4 is 0 Å². The van der Waals surface area contributed by atoms with Crippen molar-refractivity contribution in [3.63, 3.8) is 0 Å². The number of hydrogen-bond acceptors (Lipinski definition) is 6. The molecular formula is C32H24F3N5O. The van der Waals surface area contributed by atoms with E-state index in [1.807, 2.05) is 24.3 Å². The van der Waals surface area contributed by atoms with E-state index in [4.69, 9.17) is 0 Å². The fourth-order valence-corrected chi connectivity index (χ4v) is 5.44. The lowest BCUT2D eigenvalue weighted by molar-refractivity contribution is -0.118. The summed E-state index contributed by atoms with van der Waals surface area (Å²) >= 11 is 0. The Bertz CT molecular complexity index is 1730. The van der Waals surface area contributed by atoms with Gasteiger partial charge >= 0.3 is 0 Å². The summed E-state index contributed by atoms with van der Waals surface area (Å²) in [5.41, 5.74) is 5.64.